The molecule has 1 rings (SSSR count). The highest BCUT2D eigenvalue weighted by Gasteiger charge is 2.24. The van der Waals surface area contributed by atoms with Crippen molar-refractivity contribution in [2.24, 2.45) is 0 Å². The summed E-state index contributed by atoms with van der Waals surface area (Å²) in [5.74, 6) is -0.880. The van der Waals surface area contributed by atoms with Crippen LogP contribution in [0.25, 0.3) is 0 Å². The summed E-state index contributed by atoms with van der Waals surface area (Å²) in [4.78, 5) is 22.3. The van der Waals surface area contributed by atoms with Crippen LogP contribution in [-0.2, 0) is 15.1 Å². The van der Waals surface area contributed by atoms with E-state index in [4.69, 9.17) is 5.11 Å². The molecule has 2 N–H and O–H groups in total. The third-order valence-electron chi connectivity index (χ3n) is 3.04. The molecule has 0 spiro atoms. The largest absolute Gasteiger partial charge is 0.481 e. The molecule has 0 saturated heterocycles. The summed E-state index contributed by atoms with van der Waals surface area (Å²) < 4.78 is 0.955. The number of carbonyl (C=O) groups excluding carboxylic acids is 1. The molecule has 1 aromatic rings. The van der Waals surface area contributed by atoms with Gasteiger partial charge in [-0.3, -0.25) is 9.59 Å². The average Bonchev–Trinajstić information content (AvgIpc) is 2.34. The van der Waals surface area contributed by atoms with Crippen molar-refractivity contribution in [3.05, 3.63) is 34.3 Å². The van der Waals surface area contributed by atoms with E-state index in [9.17, 15) is 9.59 Å². The molecule has 0 heterocycles. The van der Waals surface area contributed by atoms with Crippen LogP contribution in [0.3, 0.4) is 0 Å². The van der Waals surface area contributed by atoms with E-state index in [0.29, 0.717) is 19.3 Å². The highest BCUT2D eigenvalue weighted by atomic mass is 79.9. The van der Waals surface area contributed by atoms with Crippen molar-refractivity contribution < 1.29 is 14.7 Å². The predicted molar refractivity (Wildman–Crippen MR) is 81.4 cm³/mol. The number of carboxylic acid groups (broad SMARTS) is 1. The maximum Gasteiger partial charge on any atom is 0.303 e. The Morgan fingerprint density at radius 1 is 1.20 bits per heavy atom. The van der Waals surface area contributed by atoms with Gasteiger partial charge in [-0.15, -0.1) is 0 Å². The average molecular weight is 342 g/mol. The van der Waals surface area contributed by atoms with Crippen molar-refractivity contribution in [1.29, 1.82) is 0 Å². The number of hydrogen-bond acceptors (Lipinski definition) is 2. The van der Waals surface area contributed by atoms with Crippen LogP contribution in [-0.4, -0.2) is 17.0 Å². The van der Waals surface area contributed by atoms with Gasteiger partial charge in [0.25, 0.3) is 0 Å². The molecule has 1 aromatic carbocycles. The standard InChI is InChI=1S/C15H20BrNO3/c1-15(2,11-7-3-4-8-12(11)16)17-13(18)9-5-6-10-14(19)20/h3-4,7-8H,5-6,9-10H2,1-2H3,(H,17,18)(H,19,20). The first-order valence-corrected chi connectivity index (χ1v) is 7.40. The van der Waals surface area contributed by atoms with Gasteiger partial charge < -0.3 is 10.4 Å². The van der Waals surface area contributed by atoms with E-state index in [2.05, 4.69) is 21.2 Å². The van der Waals surface area contributed by atoms with Crippen LogP contribution >= 0.6 is 15.9 Å². The van der Waals surface area contributed by atoms with E-state index in [0.717, 1.165) is 10.0 Å². The normalized spacial score (nSPS) is 11.2. The first kappa shape index (κ1) is 16.7. The Hall–Kier alpha value is -1.36. The zero-order chi connectivity index (χ0) is 15.2. The number of amides is 1. The summed E-state index contributed by atoms with van der Waals surface area (Å²) in [7, 11) is 0. The van der Waals surface area contributed by atoms with Crippen molar-refractivity contribution in [1.82, 2.24) is 5.32 Å². The lowest BCUT2D eigenvalue weighted by molar-refractivity contribution is -0.137. The molecule has 0 atom stereocenters. The van der Waals surface area contributed by atoms with Gasteiger partial charge in [0.2, 0.25) is 5.91 Å². The molecule has 4 nitrogen and oxygen atoms in total. The lowest BCUT2D eigenvalue weighted by atomic mass is 9.94. The topological polar surface area (TPSA) is 66.4 Å². The maximum atomic E-state index is 11.9. The minimum Gasteiger partial charge on any atom is -0.481 e. The summed E-state index contributed by atoms with van der Waals surface area (Å²) in [6.07, 6.45) is 1.57. The molecular weight excluding hydrogens is 322 g/mol. The Balaban J connectivity index is 2.52. The third-order valence-corrected chi connectivity index (χ3v) is 3.74. The molecule has 0 unspecified atom stereocenters. The molecule has 0 bridgehead atoms. The monoisotopic (exact) mass is 341 g/mol. The third kappa shape index (κ3) is 5.33. The van der Waals surface area contributed by atoms with Crippen LogP contribution in [0, 0.1) is 0 Å². The molecule has 0 aliphatic heterocycles. The van der Waals surface area contributed by atoms with Gasteiger partial charge in [0.05, 0.1) is 5.54 Å². The summed E-state index contributed by atoms with van der Waals surface area (Å²) in [6, 6.07) is 7.77. The predicted octanol–water partition coefficient (Wildman–Crippen LogP) is 3.45. The lowest BCUT2D eigenvalue weighted by Crippen LogP contribution is -2.41. The summed E-state index contributed by atoms with van der Waals surface area (Å²) in [6.45, 7) is 3.89. The molecule has 5 heteroatoms. The van der Waals surface area contributed by atoms with E-state index in [1.165, 1.54) is 0 Å². The number of carboxylic acids is 1. The fraction of sp³-hybridized carbons (Fsp3) is 0.467. The quantitative estimate of drug-likeness (QED) is 0.746. The molecule has 20 heavy (non-hydrogen) atoms. The Morgan fingerprint density at radius 2 is 1.80 bits per heavy atom. The van der Waals surface area contributed by atoms with Crippen LogP contribution in [0.15, 0.2) is 28.7 Å². The molecule has 110 valence electrons. The number of nitrogens with one attached hydrogen (secondary N) is 1. The van der Waals surface area contributed by atoms with Gasteiger partial charge >= 0.3 is 5.97 Å². The van der Waals surface area contributed by atoms with Gasteiger partial charge in [-0.25, -0.2) is 0 Å². The van der Waals surface area contributed by atoms with Crippen LogP contribution in [0.5, 0.6) is 0 Å². The molecule has 0 saturated carbocycles. The molecule has 0 radical (unpaired) electrons. The number of halogens is 1. The number of benzene rings is 1. The number of hydrogen-bond donors (Lipinski definition) is 2. The fourth-order valence-corrected chi connectivity index (χ4v) is 2.79. The van der Waals surface area contributed by atoms with Gasteiger partial charge in [0.1, 0.15) is 0 Å². The fourth-order valence-electron chi connectivity index (χ4n) is 2.01. The van der Waals surface area contributed by atoms with Gasteiger partial charge in [-0.1, -0.05) is 34.1 Å². The van der Waals surface area contributed by atoms with Crippen molar-refractivity contribution in [3.63, 3.8) is 0 Å². The maximum absolute atomic E-state index is 11.9. The number of aliphatic carboxylic acids is 1. The van der Waals surface area contributed by atoms with Crippen molar-refractivity contribution in [3.8, 4) is 0 Å². The SMILES string of the molecule is CC(C)(NC(=O)CCCCC(=O)O)c1ccccc1Br. The van der Waals surface area contributed by atoms with Crippen LogP contribution in [0.4, 0.5) is 0 Å². The highest BCUT2D eigenvalue weighted by molar-refractivity contribution is 9.10. The smallest absolute Gasteiger partial charge is 0.303 e. The Morgan fingerprint density at radius 3 is 2.40 bits per heavy atom. The minimum atomic E-state index is -0.820. The van der Waals surface area contributed by atoms with Crippen LogP contribution < -0.4 is 5.32 Å². The molecule has 0 aromatic heterocycles. The Labute approximate surface area is 127 Å². The summed E-state index contributed by atoms with van der Waals surface area (Å²) in [5, 5.41) is 11.5. The second-order valence-electron chi connectivity index (χ2n) is 5.25. The second kappa shape index (κ2) is 7.43. The second-order valence-corrected chi connectivity index (χ2v) is 6.11. The lowest BCUT2D eigenvalue weighted by Gasteiger charge is -2.28. The van der Waals surface area contributed by atoms with Crippen LogP contribution in [0.2, 0.25) is 0 Å². The first-order chi connectivity index (χ1) is 9.33. The van der Waals surface area contributed by atoms with Crippen molar-refractivity contribution >= 4 is 27.8 Å². The zero-order valence-corrected chi connectivity index (χ0v) is 13.4. The van der Waals surface area contributed by atoms with Gasteiger partial charge in [-0.2, -0.15) is 0 Å². The first-order valence-electron chi connectivity index (χ1n) is 6.61. The van der Waals surface area contributed by atoms with Gasteiger partial charge in [0, 0.05) is 17.3 Å². The van der Waals surface area contributed by atoms with E-state index in [-0.39, 0.29) is 12.3 Å². The minimum absolute atomic E-state index is 0.0591. The van der Waals surface area contributed by atoms with E-state index < -0.39 is 11.5 Å². The van der Waals surface area contributed by atoms with Gasteiger partial charge in [-0.05, 0) is 38.3 Å². The zero-order valence-electron chi connectivity index (χ0n) is 11.8. The summed E-state index contributed by atoms with van der Waals surface area (Å²) >= 11 is 3.49. The molecule has 1 amide bonds. The summed E-state index contributed by atoms with van der Waals surface area (Å²) in [5.41, 5.74) is 0.545. The van der Waals surface area contributed by atoms with E-state index in [1.54, 1.807) is 0 Å². The van der Waals surface area contributed by atoms with E-state index >= 15 is 0 Å². The van der Waals surface area contributed by atoms with Crippen LogP contribution in [0.1, 0.15) is 45.1 Å². The Kier molecular flexibility index (Phi) is 6.20. The van der Waals surface area contributed by atoms with Gasteiger partial charge in [0.15, 0.2) is 0 Å². The highest BCUT2D eigenvalue weighted by Crippen LogP contribution is 2.27. The molecule has 0 fully saturated rings. The molecular formula is C15H20BrNO3. The number of rotatable bonds is 7. The number of unbranched alkanes of at least 4 members (excludes halogenated alkanes) is 1. The van der Waals surface area contributed by atoms with Crippen molar-refractivity contribution in [2.45, 2.75) is 45.1 Å². The Bertz CT molecular complexity index is 486. The molecule has 0 aliphatic rings. The van der Waals surface area contributed by atoms with E-state index in [1.807, 2.05) is 38.1 Å². The molecule has 0 aliphatic carbocycles. The van der Waals surface area contributed by atoms with Crippen molar-refractivity contribution in [2.75, 3.05) is 0 Å². The number of carbonyl (C=O) groups is 2.